The average Bonchev–Trinajstić information content (AvgIpc) is 3.10. The Balaban J connectivity index is 1.84. The monoisotopic (exact) mass is 447 g/mol. The number of aromatic carboxylic acids is 1. The van der Waals surface area contributed by atoms with Gasteiger partial charge in [-0.1, -0.05) is 13.5 Å². The molecule has 4 rings (SSSR count). The summed E-state index contributed by atoms with van der Waals surface area (Å²) in [6.07, 6.45) is 5.08. The summed E-state index contributed by atoms with van der Waals surface area (Å²) in [5.41, 5.74) is 3.67. The molecule has 1 aromatic heterocycles. The second kappa shape index (κ2) is 8.43. The van der Waals surface area contributed by atoms with Crippen molar-refractivity contribution in [3.8, 4) is 23.1 Å². The second-order valence-corrected chi connectivity index (χ2v) is 9.40. The molecule has 2 aromatic rings. The number of carboxylic acids is 1. The number of pyridine rings is 1. The molecule has 0 amide bonds. The number of nitrogens with zero attached hydrogens (tertiary/aromatic N) is 3. The molecular weight excluding hydrogens is 418 g/mol. The van der Waals surface area contributed by atoms with Gasteiger partial charge in [0.15, 0.2) is 5.43 Å². The number of rotatable bonds is 7. The van der Waals surface area contributed by atoms with Gasteiger partial charge in [0.1, 0.15) is 17.9 Å². The van der Waals surface area contributed by atoms with Crippen molar-refractivity contribution in [2.45, 2.75) is 64.5 Å². The van der Waals surface area contributed by atoms with Crippen molar-refractivity contribution < 1.29 is 14.6 Å². The summed E-state index contributed by atoms with van der Waals surface area (Å²) in [4.78, 5) is 24.3. The molecule has 0 aliphatic carbocycles. The van der Waals surface area contributed by atoms with Gasteiger partial charge < -0.3 is 9.84 Å². The maximum Gasteiger partial charge on any atom is 0.341 e. The number of hydrogen-bond acceptors (Lipinski definition) is 5. The fraction of sp³-hybridized carbons (Fsp3) is 0.423. The smallest absolute Gasteiger partial charge is 0.341 e. The van der Waals surface area contributed by atoms with Crippen LogP contribution in [0.5, 0.6) is 5.75 Å². The normalized spacial score (nSPS) is 17.5. The van der Waals surface area contributed by atoms with Crippen molar-refractivity contribution in [1.82, 2.24) is 4.68 Å². The van der Waals surface area contributed by atoms with E-state index in [0.29, 0.717) is 25.1 Å². The van der Waals surface area contributed by atoms with Gasteiger partial charge >= 0.3 is 5.97 Å². The van der Waals surface area contributed by atoms with Crippen molar-refractivity contribution in [3.63, 3.8) is 0 Å². The van der Waals surface area contributed by atoms with E-state index in [9.17, 15) is 14.7 Å². The Hall–Kier alpha value is -3.53. The summed E-state index contributed by atoms with van der Waals surface area (Å²) >= 11 is 0. The first kappa shape index (κ1) is 22.7. The third kappa shape index (κ3) is 3.91. The van der Waals surface area contributed by atoms with Crippen molar-refractivity contribution in [1.29, 1.82) is 5.26 Å². The molecular formula is C26H29N3O4. The van der Waals surface area contributed by atoms with Crippen LogP contribution in [0.4, 0.5) is 0 Å². The molecule has 33 heavy (non-hydrogen) atoms. The molecule has 7 nitrogen and oxygen atoms in total. The standard InChI is InChI=1S/C26H29N3O4/c1-5-17-11-18-19(12-24(17)33-15-16(2)7-6-10-27)21-8-9-26(3,4)29(21)28-14-20(25(31)32)23(30)13-22(18)28/h11-14,21H,2,5-9,15H2,1,3-4H3,(H,31,32)/t21-/m1/s1. The Kier molecular flexibility index (Phi) is 5.79. The highest BCUT2D eigenvalue weighted by Gasteiger charge is 2.45. The van der Waals surface area contributed by atoms with Crippen LogP contribution in [0.1, 0.15) is 74.0 Å². The number of fused-ring (bicyclic) bond motifs is 6. The van der Waals surface area contributed by atoms with Crippen LogP contribution in [0.15, 0.2) is 41.3 Å². The molecule has 172 valence electrons. The molecule has 2 aliphatic heterocycles. The van der Waals surface area contributed by atoms with E-state index in [1.54, 1.807) is 0 Å². The van der Waals surface area contributed by atoms with Crippen molar-refractivity contribution in [2.75, 3.05) is 11.6 Å². The lowest BCUT2D eigenvalue weighted by atomic mass is 9.91. The van der Waals surface area contributed by atoms with E-state index in [1.807, 2.05) is 11.6 Å². The number of carboxylic acid groups (broad SMARTS) is 1. The van der Waals surface area contributed by atoms with E-state index in [2.05, 4.69) is 43.6 Å². The lowest BCUT2D eigenvalue weighted by Gasteiger charge is -2.44. The molecule has 0 spiro atoms. The van der Waals surface area contributed by atoms with Crippen LogP contribution in [-0.4, -0.2) is 27.9 Å². The molecule has 0 unspecified atom stereocenters. The van der Waals surface area contributed by atoms with Crippen LogP contribution < -0.4 is 15.2 Å². The van der Waals surface area contributed by atoms with E-state index in [0.717, 1.165) is 47.3 Å². The van der Waals surface area contributed by atoms with Gasteiger partial charge in [-0.15, -0.1) is 0 Å². The van der Waals surface area contributed by atoms with Crippen molar-refractivity contribution in [2.24, 2.45) is 0 Å². The molecule has 1 atom stereocenters. The quantitative estimate of drug-likeness (QED) is 0.624. The predicted octanol–water partition coefficient (Wildman–Crippen LogP) is 4.58. The molecule has 1 aromatic carbocycles. The van der Waals surface area contributed by atoms with E-state index in [4.69, 9.17) is 10.00 Å². The summed E-state index contributed by atoms with van der Waals surface area (Å²) in [5.74, 6) is -0.429. The van der Waals surface area contributed by atoms with Gasteiger partial charge in [-0.25, -0.2) is 4.79 Å². The molecule has 1 saturated heterocycles. The predicted molar refractivity (Wildman–Crippen MR) is 126 cm³/mol. The Labute approximate surface area is 193 Å². The number of ether oxygens (including phenoxy) is 1. The van der Waals surface area contributed by atoms with Gasteiger partial charge in [0.2, 0.25) is 0 Å². The summed E-state index contributed by atoms with van der Waals surface area (Å²) in [6.45, 7) is 10.7. The fourth-order valence-corrected chi connectivity index (χ4v) is 4.97. The first-order valence-corrected chi connectivity index (χ1v) is 11.3. The zero-order valence-corrected chi connectivity index (χ0v) is 19.4. The Morgan fingerprint density at radius 3 is 2.79 bits per heavy atom. The maximum atomic E-state index is 12.6. The van der Waals surface area contributed by atoms with Gasteiger partial charge in [0, 0.05) is 24.2 Å². The first-order valence-electron chi connectivity index (χ1n) is 11.3. The Bertz CT molecular complexity index is 1240. The third-order valence-electron chi connectivity index (χ3n) is 6.71. The lowest BCUT2D eigenvalue weighted by Crippen LogP contribution is -2.50. The van der Waals surface area contributed by atoms with Gasteiger partial charge in [-0.3, -0.25) is 14.5 Å². The second-order valence-electron chi connectivity index (χ2n) is 9.40. The molecule has 3 heterocycles. The minimum absolute atomic E-state index is 0.0432. The van der Waals surface area contributed by atoms with Gasteiger partial charge in [0.05, 0.1) is 23.3 Å². The molecule has 0 saturated carbocycles. The zero-order valence-electron chi connectivity index (χ0n) is 19.4. The van der Waals surface area contributed by atoms with Gasteiger partial charge in [-0.2, -0.15) is 5.26 Å². The van der Waals surface area contributed by atoms with Crippen LogP contribution in [0.2, 0.25) is 0 Å². The van der Waals surface area contributed by atoms with Crippen LogP contribution in [0, 0.1) is 11.3 Å². The SMILES string of the molecule is C=C(CCC#N)COc1cc2c(cc1CC)-c1cc(=O)c(C(=O)O)cn1N1[C@@H]2CCC1(C)C. The molecule has 7 heteroatoms. The Morgan fingerprint density at radius 1 is 1.36 bits per heavy atom. The molecule has 0 bridgehead atoms. The maximum absolute atomic E-state index is 12.6. The van der Waals surface area contributed by atoms with E-state index < -0.39 is 11.4 Å². The average molecular weight is 448 g/mol. The van der Waals surface area contributed by atoms with E-state index in [1.165, 1.54) is 12.3 Å². The number of benzene rings is 1. The van der Waals surface area contributed by atoms with Gasteiger partial charge in [0.25, 0.3) is 0 Å². The number of nitriles is 1. The number of aryl methyl sites for hydroxylation is 1. The minimum atomic E-state index is -1.22. The Morgan fingerprint density at radius 2 is 2.12 bits per heavy atom. The third-order valence-corrected chi connectivity index (χ3v) is 6.71. The topological polar surface area (TPSA) is 95.6 Å². The summed E-state index contributed by atoms with van der Waals surface area (Å²) in [5, 5.41) is 20.5. The summed E-state index contributed by atoms with van der Waals surface area (Å²) < 4.78 is 8.01. The van der Waals surface area contributed by atoms with Crippen molar-refractivity contribution >= 4 is 5.97 Å². The first-order chi connectivity index (χ1) is 15.7. The fourth-order valence-electron chi connectivity index (χ4n) is 4.97. The molecule has 1 fully saturated rings. The van der Waals surface area contributed by atoms with Gasteiger partial charge in [-0.05, 0) is 68.4 Å². The number of aromatic nitrogens is 1. The van der Waals surface area contributed by atoms with Crippen LogP contribution in [0.3, 0.4) is 0 Å². The minimum Gasteiger partial charge on any atom is -0.489 e. The highest BCUT2D eigenvalue weighted by molar-refractivity contribution is 5.88. The lowest BCUT2D eigenvalue weighted by molar-refractivity contribution is 0.0694. The number of carbonyl (C=O) groups is 1. The summed E-state index contributed by atoms with van der Waals surface area (Å²) in [7, 11) is 0. The largest absolute Gasteiger partial charge is 0.489 e. The molecule has 0 radical (unpaired) electrons. The zero-order chi connectivity index (χ0) is 23.9. The highest BCUT2D eigenvalue weighted by atomic mass is 16.5. The molecule has 1 N–H and O–H groups in total. The highest BCUT2D eigenvalue weighted by Crippen LogP contribution is 2.49. The summed E-state index contributed by atoms with van der Waals surface area (Å²) in [6, 6.07) is 7.76. The number of hydrogen-bond donors (Lipinski definition) is 1. The van der Waals surface area contributed by atoms with E-state index >= 15 is 0 Å². The van der Waals surface area contributed by atoms with Crippen molar-refractivity contribution in [3.05, 3.63) is 63.5 Å². The van der Waals surface area contributed by atoms with Crippen LogP contribution in [0.25, 0.3) is 11.3 Å². The van der Waals surface area contributed by atoms with E-state index in [-0.39, 0.29) is 17.1 Å². The molecule has 2 aliphatic rings. The van der Waals surface area contributed by atoms with Crippen LogP contribution >= 0.6 is 0 Å². The van der Waals surface area contributed by atoms with Crippen LogP contribution in [-0.2, 0) is 6.42 Å².